The first-order valence-corrected chi connectivity index (χ1v) is 7.45. The van der Waals surface area contributed by atoms with Gasteiger partial charge in [-0.25, -0.2) is 14.8 Å². The normalized spacial score (nSPS) is 19.9. The third kappa shape index (κ3) is 3.50. The van der Waals surface area contributed by atoms with Crippen molar-refractivity contribution in [2.75, 3.05) is 29.1 Å². The second-order valence-corrected chi connectivity index (χ2v) is 6.07. The van der Waals surface area contributed by atoms with E-state index in [0.717, 1.165) is 18.1 Å². The van der Waals surface area contributed by atoms with Gasteiger partial charge in [0.1, 0.15) is 0 Å². The van der Waals surface area contributed by atoms with Crippen molar-refractivity contribution in [3.63, 3.8) is 0 Å². The summed E-state index contributed by atoms with van der Waals surface area (Å²) in [4.78, 5) is 18.7. The third-order valence-electron chi connectivity index (χ3n) is 2.28. The van der Waals surface area contributed by atoms with Gasteiger partial charge in [-0.2, -0.15) is 23.5 Å². The van der Waals surface area contributed by atoms with E-state index in [9.17, 15) is 4.79 Å². The average molecular weight is 271 g/mol. The van der Waals surface area contributed by atoms with Crippen molar-refractivity contribution in [3.05, 3.63) is 18.1 Å². The van der Waals surface area contributed by atoms with Crippen LogP contribution in [-0.2, 0) is 0 Å². The fraction of sp³-hybridized carbons (Fsp3) is 0.500. The molecule has 1 aromatic rings. The lowest BCUT2D eigenvalue weighted by Crippen LogP contribution is -2.24. The molecule has 1 aliphatic rings. The van der Waals surface area contributed by atoms with Crippen molar-refractivity contribution < 1.29 is 9.90 Å². The summed E-state index contributed by atoms with van der Waals surface area (Å²) in [5.74, 6) is 2.76. The zero-order valence-electron chi connectivity index (χ0n) is 9.13. The summed E-state index contributed by atoms with van der Waals surface area (Å²) in [6.07, 6.45) is 2.89. The van der Waals surface area contributed by atoms with Gasteiger partial charge in [0.2, 0.25) is 0 Å². The molecule has 1 fully saturated rings. The molecule has 0 radical (unpaired) electrons. The van der Waals surface area contributed by atoms with Crippen LogP contribution >= 0.6 is 23.5 Å². The zero-order chi connectivity index (χ0) is 12.1. The summed E-state index contributed by atoms with van der Waals surface area (Å²) in [6.45, 7) is 0.733. The van der Waals surface area contributed by atoms with Gasteiger partial charge >= 0.3 is 5.97 Å². The Balaban J connectivity index is 1.96. The van der Waals surface area contributed by atoms with Crippen molar-refractivity contribution in [2.24, 2.45) is 0 Å². The van der Waals surface area contributed by atoms with Crippen molar-refractivity contribution >= 4 is 35.3 Å². The molecule has 1 aromatic heterocycles. The van der Waals surface area contributed by atoms with Crippen LogP contribution in [0.4, 0.5) is 5.82 Å². The maximum atomic E-state index is 10.9. The van der Waals surface area contributed by atoms with Gasteiger partial charge in [0, 0.05) is 41.4 Å². The highest BCUT2D eigenvalue weighted by molar-refractivity contribution is 8.06. The second-order valence-electron chi connectivity index (χ2n) is 3.51. The van der Waals surface area contributed by atoms with Crippen LogP contribution in [-0.4, -0.2) is 50.1 Å². The number of nitrogens with zero attached hydrogens (tertiary/aromatic N) is 2. The Kier molecular flexibility index (Phi) is 4.49. The number of aromatic nitrogens is 2. The highest BCUT2D eigenvalue weighted by atomic mass is 32.2. The molecule has 92 valence electrons. The Morgan fingerprint density at radius 1 is 1.47 bits per heavy atom. The maximum absolute atomic E-state index is 10.9. The fourth-order valence-electron chi connectivity index (χ4n) is 1.49. The van der Waals surface area contributed by atoms with E-state index in [0.29, 0.717) is 11.1 Å². The smallest absolute Gasteiger partial charge is 0.358 e. The molecule has 7 heteroatoms. The number of carboxylic acid groups (broad SMARTS) is 1. The van der Waals surface area contributed by atoms with Crippen LogP contribution in [0.3, 0.4) is 0 Å². The van der Waals surface area contributed by atoms with Crippen molar-refractivity contribution in [1.82, 2.24) is 9.97 Å². The number of hydrogen-bond acceptors (Lipinski definition) is 6. The number of anilines is 1. The number of nitrogens with one attached hydrogen (secondary N) is 1. The maximum Gasteiger partial charge on any atom is 0.358 e. The van der Waals surface area contributed by atoms with Gasteiger partial charge in [-0.15, -0.1) is 0 Å². The summed E-state index contributed by atoms with van der Waals surface area (Å²) in [6, 6.07) is 0. The lowest BCUT2D eigenvalue weighted by molar-refractivity contribution is 0.0691. The number of carbonyl (C=O) groups is 1. The largest absolute Gasteiger partial charge is 0.476 e. The molecule has 0 spiro atoms. The van der Waals surface area contributed by atoms with Gasteiger partial charge < -0.3 is 10.4 Å². The summed E-state index contributed by atoms with van der Waals surface area (Å²) in [7, 11) is 0. The first kappa shape index (κ1) is 12.5. The van der Waals surface area contributed by atoms with Gasteiger partial charge in [0.25, 0.3) is 0 Å². The van der Waals surface area contributed by atoms with Gasteiger partial charge in [-0.05, 0) is 0 Å². The van der Waals surface area contributed by atoms with E-state index in [4.69, 9.17) is 5.11 Å². The quantitative estimate of drug-likeness (QED) is 0.858. The minimum atomic E-state index is -1.05. The SMILES string of the molecule is O=C(O)c1nccnc1NCC1CSCCS1. The van der Waals surface area contributed by atoms with E-state index in [1.54, 1.807) is 0 Å². The molecular formula is C10H13N3O2S2. The molecule has 2 N–H and O–H groups in total. The molecule has 2 rings (SSSR count). The Morgan fingerprint density at radius 3 is 3.00 bits per heavy atom. The van der Waals surface area contributed by atoms with Crippen molar-refractivity contribution in [2.45, 2.75) is 5.25 Å². The number of thioether (sulfide) groups is 2. The van der Waals surface area contributed by atoms with Gasteiger partial charge in [-0.1, -0.05) is 0 Å². The molecule has 0 aliphatic carbocycles. The fourth-order valence-corrected chi connectivity index (χ4v) is 4.10. The predicted octanol–water partition coefficient (Wildman–Crippen LogP) is 1.44. The number of hydrogen-bond donors (Lipinski definition) is 2. The first-order chi connectivity index (χ1) is 8.27. The third-order valence-corrected chi connectivity index (χ3v) is 5.13. The summed E-state index contributed by atoms with van der Waals surface area (Å²) in [5, 5.41) is 12.5. The lowest BCUT2D eigenvalue weighted by atomic mass is 10.4. The number of rotatable bonds is 4. The highest BCUT2D eigenvalue weighted by Gasteiger charge is 2.17. The predicted molar refractivity (Wildman–Crippen MR) is 71.1 cm³/mol. The lowest BCUT2D eigenvalue weighted by Gasteiger charge is -2.21. The van der Waals surface area contributed by atoms with E-state index in [1.807, 2.05) is 23.5 Å². The van der Waals surface area contributed by atoms with Crippen LogP contribution < -0.4 is 5.32 Å². The van der Waals surface area contributed by atoms with Crippen LogP contribution in [0.5, 0.6) is 0 Å². The molecule has 0 amide bonds. The Morgan fingerprint density at radius 2 is 2.29 bits per heavy atom. The van der Waals surface area contributed by atoms with Gasteiger partial charge in [0.15, 0.2) is 11.5 Å². The molecule has 1 aliphatic heterocycles. The molecule has 0 bridgehead atoms. The first-order valence-electron chi connectivity index (χ1n) is 5.25. The molecule has 1 atom stereocenters. The molecule has 2 heterocycles. The standard InChI is InChI=1S/C10H13N3O2S2/c14-10(15)8-9(12-2-1-11-8)13-5-7-6-16-3-4-17-7/h1-2,7H,3-6H2,(H,12,13)(H,14,15). The summed E-state index contributed by atoms with van der Waals surface area (Å²) < 4.78 is 0. The van der Waals surface area contributed by atoms with Gasteiger partial charge in [0.05, 0.1) is 0 Å². The van der Waals surface area contributed by atoms with Crippen LogP contribution in [0.2, 0.25) is 0 Å². The molecular weight excluding hydrogens is 258 g/mol. The van der Waals surface area contributed by atoms with E-state index in [-0.39, 0.29) is 5.69 Å². The topological polar surface area (TPSA) is 75.1 Å². The van der Waals surface area contributed by atoms with Crippen molar-refractivity contribution in [3.8, 4) is 0 Å². The Labute approximate surface area is 108 Å². The summed E-state index contributed by atoms with van der Waals surface area (Å²) in [5.41, 5.74) is -0.0130. The second kappa shape index (κ2) is 6.11. The van der Waals surface area contributed by atoms with Crippen LogP contribution in [0.1, 0.15) is 10.5 Å². The minimum Gasteiger partial charge on any atom is -0.476 e. The molecule has 1 saturated heterocycles. The Hall–Kier alpha value is -0.950. The van der Waals surface area contributed by atoms with E-state index >= 15 is 0 Å². The van der Waals surface area contributed by atoms with E-state index in [2.05, 4.69) is 15.3 Å². The van der Waals surface area contributed by atoms with Crippen molar-refractivity contribution in [1.29, 1.82) is 0 Å². The highest BCUT2D eigenvalue weighted by Crippen LogP contribution is 2.24. The number of carboxylic acids is 1. The summed E-state index contributed by atoms with van der Waals surface area (Å²) >= 11 is 3.85. The minimum absolute atomic E-state index is 0.0130. The zero-order valence-corrected chi connectivity index (χ0v) is 10.8. The molecule has 17 heavy (non-hydrogen) atoms. The number of aromatic carboxylic acids is 1. The van der Waals surface area contributed by atoms with E-state index < -0.39 is 5.97 Å². The molecule has 0 saturated carbocycles. The van der Waals surface area contributed by atoms with Gasteiger partial charge in [-0.3, -0.25) is 0 Å². The van der Waals surface area contributed by atoms with Crippen LogP contribution in [0.25, 0.3) is 0 Å². The van der Waals surface area contributed by atoms with E-state index in [1.165, 1.54) is 18.1 Å². The molecule has 0 aromatic carbocycles. The Bertz CT molecular complexity index is 397. The van der Waals surface area contributed by atoms with Crippen LogP contribution in [0.15, 0.2) is 12.4 Å². The van der Waals surface area contributed by atoms with Crippen LogP contribution in [0, 0.1) is 0 Å². The monoisotopic (exact) mass is 271 g/mol. The average Bonchev–Trinajstić information content (AvgIpc) is 2.38. The molecule has 5 nitrogen and oxygen atoms in total. The molecule has 1 unspecified atom stereocenters.